The molecule has 0 aliphatic rings. The van der Waals surface area contributed by atoms with Gasteiger partial charge in [-0.15, -0.1) is 0 Å². The molecule has 0 spiro atoms. The summed E-state index contributed by atoms with van der Waals surface area (Å²) in [7, 11) is 0. The number of benzene rings is 3. The number of nitro benzene ring substituents is 1. The van der Waals surface area contributed by atoms with Gasteiger partial charge < -0.3 is 10.1 Å². The quantitative estimate of drug-likeness (QED) is 0.269. The molecule has 0 unspecified atom stereocenters. The normalized spacial score (nSPS) is 10.6. The fraction of sp³-hybridized carbons (Fsp3) is 0.125. The van der Waals surface area contributed by atoms with Crippen molar-refractivity contribution in [1.82, 2.24) is 5.43 Å². The van der Waals surface area contributed by atoms with Gasteiger partial charge in [0.15, 0.2) is 6.61 Å². The highest BCUT2D eigenvalue weighted by atomic mass is 35.5. The first-order valence-electron chi connectivity index (χ1n) is 10.1. The molecule has 0 saturated heterocycles. The van der Waals surface area contributed by atoms with Gasteiger partial charge in [0.25, 0.3) is 11.6 Å². The molecule has 3 aromatic rings. The number of carbonyl (C=O) groups is 2. The van der Waals surface area contributed by atoms with Crippen molar-refractivity contribution >= 4 is 41.0 Å². The summed E-state index contributed by atoms with van der Waals surface area (Å²) >= 11 is 6.22. The third kappa shape index (κ3) is 7.14. The van der Waals surface area contributed by atoms with Crippen molar-refractivity contribution in [3.05, 3.63) is 98.6 Å². The van der Waals surface area contributed by atoms with E-state index in [9.17, 15) is 19.7 Å². The van der Waals surface area contributed by atoms with Gasteiger partial charge in [-0.3, -0.25) is 19.7 Å². The Morgan fingerprint density at radius 1 is 1.09 bits per heavy atom. The molecule has 2 amide bonds. The number of anilines is 1. The number of nitrogens with zero attached hydrogens (tertiary/aromatic N) is 2. The van der Waals surface area contributed by atoms with E-state index in [0.29, 0.717) is 17.0 Å². The number of carbonyl (C=O) groups excluding carboxylic acids is 2. The third-order valence-corrected chi connectivity index (χ3v) is 4.89. The number of ether oxygens (including phenoxy) is 1. The number of rotatable bonds is 9. The molecule has 0 bridgehead atoms. The fourth-order valence-electron chi connectivity index (χ4n) is 2.92. The average Bonchev–Trinajstić information content (AvgIpc) is 2.80. The third-order valence-electron chi connectivity index (χ3n) is 4.59. The summed E-state index contributed by atoms with van der Waals surface area (Å²) in [5.74, 6) is -0.513. The smallest absolute Gasteiger partial charge is 0.273 e. The van der Waals surface area contributed by atoms with Crippen molar-refractivity contribution in [3.8, 4) is 5.75 Å². The molecule has 3 rings (SSSR count). The lowest BCUT2D eigenvalue weighted by Crippen LogP contribution is -2.20. The summed E-state index contributed by atoms with van der Waals surface area (Å²) in [6.07, 6.45) is 1.18. The molecule has 0 atom stereocenters. The van der Waals surface area contributed by atoms with Crippen LogP contribution in [0.25, 0.3) is 0 Å². The molecule has 0 aromatic heterocycles. The predicted octanol–water partition coefficient (Wildman–Crippen LogP) is 4.27. The van der Waals surface area contributed by atoms with E-state index in [-0.39, 0.29) is 35.2 Å². The Balaban J connectivity index is 1.50. The largest absolute Gasteiger partial charge is 0.482 e. The summed E-state index contributed by atoms with van der Waals surface area (Å²) in [6, 6.07) is 18.2. The Morgan fingerprint density at radius 3 is 2.53 bits per heavy atom. The van der Waals surface area contributed by atoms with Gasteiger partial charge in [-0.05, 0) is 42.8 Å². The summed E-state index contributed by atoms with van der Waals surface area (Å²) in [6.45, 7) is 1.74. The molecule has 3 aromatic carbocycles. The van der Waals surface area contributed by atoms with Crippen LogP contribution in [0.1, 0.15) is 16.7 Å². The van der Waals surface area contributed by atoms with Crippen molar-refractivity contribution in [2.45, 2.75) is 13.3 Å². The number of hydrazone groups is 1. The van der Waals surface area contributed by atoms with Crippen LogP contribution in [-0.4, -0.2) is 29.6 Å². The van der Waals surface area contributed by atoms with E-state index in [1.165, 1.54) is 24.4 Å². The molecule has 10 heteroatoms. The Labute approximate surface area is 200 Å². The van der Waals surface area contributed by atoms with Crippen LogP contribution in [0.5, 0.6) is 5.75 Å². The Bertz CT molecular complexity index is 1230. The van der Waals surface area contributed by atoms with Crippen LogP contribution in [0.15, 0.2) is 71.8 Å². The summed E-state index contributed by atoms with van der Waals surface area (Å²) in [4.78, 5) is 34.6. The van der Waals surface area contributed by atoms with Gasteiger partial charge in [0, 0.05) is 17.3 Å². The highest BCUT2D eigenvalue weighted by molar-refractivity contribution is 6.32. The minimum Gasteiger partial charge on any atom is -0.482 e. The van der Waals surface area contributed by atoms with Crippen LogP contribution >= 0.6 is 11.6 Å². The highest BCUT2D eigenvalue weighted by Gasteiger charge is 2.15. The maximum atomic E-state index is 12.1. The maximum absolute atomic E-state index is 12.1. The minimum atomic E-state index is -0.538. The lowest BCUT2D eigenvalue weighted by Gasteiger charge is -2.09. The summed E-state index contributed by atoms with van der Waals surface area (Å²) in [5, 5.41) is 17.9. The van der Waals surface area contributed by atoms with Gasteiger partial charge in [0.1, 0.15) is 5.75 Å². The lowest BCUT2D eigenvalue weighted by molar-refractivity contribution is -0.385. The second-order valence-electron chi connectivity index (χ2n) is 7.25. The molecule has 0 aliphatic carbocycles. The first-order chi connectivity index (χ1) is 16.3. The van der Waals surface area contributed by atoms with Gasteiger partial charge in [-0.2, -0.15) is 5.10 Å². The Morgan fingerprint density at radius 2 is 1.82 bits per heavy atom. The molecule has 0 saturated carbocycles. The maximum Gasteiger partial charge on any atom is 0.273 e. The van der Waals surface area contributed by atoms with Crippen molar-refractivity contribution in [3.63, 3.8) is 0 Å². The van der Waals surface area contributed by atoms with E-state index < -0.39 is 10.8 Å². The molecular formula is C24H21ClN4O5. The monoisotopic (exact) mass is 480 g/mol. The topological polar surface area (TPSA) is 123 Å². The molecule has 34 heavy (non-hydrogen) atoms. The minimum absolute atomic E-state index is 0.128. The van der Waals surface area contributed by atoms with Crippen LogP contribution in [0.4, 0.5) is 11.4 Å². The SMILES string of the molecule is Cc1ccc(NC(=O)COc2ccc(/C=N/NC(=O)Cc3ccccc3[N+](=O)[O-])cc2Cl)cc1. The molecule has 0 aliphatic heterocycles. The second kappa shape index (κ2) is 11.6. The zero-order chi connectivity index (χ0) is 24.5. The number of hydrogen-bond acceptors (Lipinski definition) is 6. The van der Waals surface area contributed by atoms with Crippen molar-refractivity contribution < 1.29 is 19.2 Å². The van der Waals surface area contributed by atoms with E-state index in [1.54, 1.807) is 36.4 Å². The summed E-state index contributed by atoms with van der Waals surface area (Å²) < 4.78 is 5.48. The number of para-hydroxylation sites is 1. The molecule has 0 radical (unpaired) electrons. The number of nitrogens with one attached hydrogen (secondary N) is 2. The Hall–Kier alpha value is -4.24. The fourth-order valence-corrected chi connectivity index (χ4v) is 3.16. The van der Waals surface area contributed by atoms with Crippen molar-refractivity contribution in [2.24, 2.45) is 5.10 Å². The van der Waals surface area contributed by atoms with Gasteiger partial charge in [0.05, 0.1) is 22.6 Å². The van der Waals surface area contributed by atoms with E-state index in [0.717, 1.165) is 5.56 Å². The summed E-state index contributed by atoms with van der Waals surface area (Å²) in [5.41, 5.74) is 4.82. The molecule has 174 valence electrons. The second-order valence-corrected chi connectivity index (χ2v) is 7.66. The molecule has 9 nitrogen and oxygen atoms in total. The van der Waals surface area contributed by atoms with Gasteiger partial charge in [-0.1, -0.05) is 47.5 Å². The molecule has 0 heterocycles. The molecule has 0 fully saturated rings. The van der Waals surface area contributed by atoms with E-state index in [1.807, 2.05) is 19.1 Å². The lowest BCUT2D eigenvalue weighted by atomic mass is 10.1. The van der Waals surface area contributed by atoms with Crippen molar-refractivity contribution in [1.29, 1.82) is 0 Å². The zero-order valence-electron chi connectivity index (χ0n) is 18.2. The van der Waals surface area contributed by atoms with Crippen LogP contribution in [0, 0.1) is 17.0 Å². The standard InChI is InChI=1S/C24H21ClN4O5/c1-16-6-9-19(10-7-16)27-24(31)15-34-22-11-8-17(12-20(22)25)14-26-28-23(30)13-18-4-2-3-5-21(18)29(32)33/h2-12,14H,13,15H2,1H3,(H,27,31)(H,28,30)/b26-14+. The number of nitro groups is 1. The first-order valence-corrected chi connectivity index (χ1v) is 10.5. The van der Waals surface area contributed by atoms with Gasteiger partial charge in [-0.25, -0.2) is 5.43 Å². The highest BCUT2D eigenvalue weighted by Crippen LogP contribution is 2.25. The number of amides is 2. The Kier molecular flexibility index (Phi) is 8.31. The number of aryl methyl sites for hydroxylation is 1. The van der Waals surface area contributed by atoms with Crippen LogP contribution in [0.3, 0.4) is 0 Å². The van der Waals surface area contributed by atoms with Crippen LogP contribution in [0.2, 0.25) is 5.02 Å². The average molecular weight is 481 g/mol. The van der Waals surface area contributed by atoms with Crippen LogP contribution < -0.4 is 15.5 Å². The first kappa shape index (κ1) is 24.4. The number of hydrogen-bond donors (Lipinski definition) is 2. The zero-order valence-corrected chi connectivity index (χ0v) is 18.9. The van der Waals surface area contributed by atoms with Crippen LogP contribution in [-0.2, 0) is 16.0 Å². The van der Waals surface area contributed by atoms with E-state index in [4.69, 9.17) is 16.3 Å². The van der Waals surface area contributed by atoms with E-state index in [2.05, 4.69) is 15.8 Å². The molecular weight excluding hydrogens is 460 g/mol. The van der Waals surface area contributed by atoms with E-state index >= 15 is 0 Å². The predicted molar refractivity (Wildman–Crippen MR) is 129 cm³/mol. The number of halogens is 1. The van der Waals surface area contributed by atoms with Gasteiger partial charge >= 0.3 is 0 Å². The van der Waals surface area contributed by atoms with Crippen molar-refractivity contribution in [2.75, 3.05) is 11.9 Å². The van der Waals surface area contributed by atoms with Gasteiger partial charge in [0.2, 0.25) is 5.91 Å². The molecule has 2 N–H and O–H groups in total.